The summed E-state index contributed by atoms with van der Waals surface area (Å²) in [5.41, 5.74) is 6.38. The molecule has 2 aromatic rings. The van der Waals surface area contributed by atoms with Crippen LogP contribution in [0.15, 0.2) is 48.5 Å². The van der Waals surface area contributed by atoms with Gasteiger partial charge in [0.25, 0.3) is 5.91 Å². The molecule has 1 atom stereocenters. The third-order valence-corrected chi connectivity index (χ3v) is 3.46. The van der Waals surface area contributed by atoms with Gasteiger partial charge in [0, 0.05) is 11.3 Å². The molecular formula is C19H20N2O5. The zero-order valence-corrected chi connectivity index (χ0v) is 14.5. The van der Waals surface area contributed by atoms with Crippen LogP contribution in [0.3, 0.4) is 0 Å². The van der Waals surface area contributed by atoms with E-state index in [1.54, 1.807) is 44.2 Å². The van der Waals surface area contributed by atoms with Gasteiger partial charge in [0.2, 0.25) is 5.91 Å². The minimum Gasteiger partial charge on any atom is -0.481 e. The summed E-state index contributed by atoms with van der Waals surface area (Å²) in [4.78, 5) is 35.0. The molecule has 0 bridgehead atoms. The van der Waals surface area contributed by atoms with Gasteiger partial charge in [-0.3, -0.25) is 9.59 Å². The van der Waals surface area contributed by atoms with Gasteiger partial charge in [0.1, 0.15) is 5.75 Å². The molecule has 2 amide bonds. The largest absolute Gasteiger partial charge is 0.481 e. The number of carbonyl (C=O) groups is 3. The zero-order chi connectivity index (χ0) is 19.1. The highest BCUT2D eigenvalue weighted by Gasteiger charge is 2.16. The molecule has 26 heavy (non-hydrogen) atoms. The van der Waals surface area contributed by atoms with E-state index in [1.165, 1.54) is 18.2 Å². The third-order valence-electron chi connectivity index (χ3n) is 3.46. The minimum absolute atomic E-state index is 0.275. The average molecular weight is 356 g/mol. The lowest BCUT2D eigenvalue weighted by Gasteiger charge is -2.15. The molecule has 7 heteroatoms. The van der Waals surface area contributed by atoms with Crippen LogP contribution in [0, 0.1) is 0 Å². The first-order valence-corrected chi connectivity index (χ1v) is 8.05. The van der Waals surface area contributed by atoms with Crippen molar-refractivity contribution in [3.05, 3.63) is 59.7 Å². The summed E-state index contributed by atoms with van der Waals surface area (Å²) in [6, 6.07) is 12.6. The summed E-state index contributed by atoms with van der Waals surface area (Å²) in [6.45, 7) is 3.59. The highest BCUT2D eigenvalue weighted by Crippen LogP contribution is 2.17. The number of anilines is 1. The van der Waals surface area contributed by atoms with Crippen molar-refractivity contribution >= 4 is 23.5 Å². The van der Waals surface area contributed by atoms with Crippen LogP contribution in [0.25, 0.3) is 0 Å². The third kappa shape index (κ3) is 5.07. The van der Waals surface area contributed by atoms with Gasteiger partial charge in [-0.1, -0.05) is 6.07 Å². The van der Waals surface area contributed by atoms with Gasteiger partial charge in [-0.25, -0.2) is 4.79 Å². The molecule has 0 spiro atoms. The molecule has 0 saturated carbocycles. The molecule has 2 rings (SSSR count). The lowest BCUT2D eigenvalue weighted by Crippen LogP contribution is -2.30. The number of nitrogens with one attached hydrogen (secondary N) is 1. The highest BCUT2D eigenvalue weighted by atomic mass is 16.5. The molecular weight excluding hydrogens is 336 g/mol. The van der Waals surface area contributed by atoms with Crippen LogP contribution in [0.2, 0.25) is 0 Å². The Hall–Kier alpha value is -3.35. The second-order valence-electron chi connectivity index (χ2n) is 5.44. The van der Waals surface area contributed by atoms with Gasteiger partial charge in [0.15, 0.2) is 6.10 Å². The maximum atomic E-state index is 12.2. The van der Waals surface area contributed by atoms with E-state index in [4.69, 9.17) is 15.2 Å². The fraction of sp³-hybridized carbons (Fsp3) is 0.211. The van der Waals surface area contributed by atoms with E-state index in [9.17, 15) is 14.4 Å². The molecule has 0 fully saturated rings. The summed E-state index contributed by atoms with van der Waals surface area (Å²) < 4.78 is 10.5. The van der Waals surface area contributed by atoms with Gasteiger partial charge >= 0.3 is 5.97 Å². The van der Waals surface area contributed by atoms with Crippen LogP contribution in [-0.4, -0.2) is 30.5 Å². The number of nitrogens with two attached hydrogens (primary N) is 1. The Morgan fingerprint density at radius 2 is 1.77 bits per heavy atom. The quantitative estimate of drug-likeness (QED) is 0.741. The van der Waals surface area contributed by atoms with Crippen molar-refractivity contribution in [3.8, 4) is 5.75 Å². The monoisotopic (exact) mass is 356 g/mol. The Morgan fingerprint density at radius 3 is 2.38 bits per heavy atom. The van der Waals surface area contributed by atoms with E-state index >= 15 is 0 Å². The van der Waals surface area contributed by atoms with E-state index in [0.29, 0.717) is 22.6 Å². The number of amides is 2. The lowest BCUT2D eigenvalue weighted by molar-refractivity contribution is -0.122. The first kappa shape index (κ1) is 19.0. The van der Waals surface area contributed by atoms with Gasteiger partial charge in [-0.15, -0.1) is 0 Å². The second-order valence-corrected chi connectivity index (χ2v) is 5.44. The normalized spacial score (nSPS) is 11.3. The first-order chi connectivity index (χ1) is 12.4. The number of carbonyl (C=O) groups excluding carboxylic acids is 3. The Kier molecular flexibility index (Phi) is 6.32. The molecule has 2 aromatic carbocycles. The summed E-state index contributed by atoms with van der Waals surface area (Å²) in [6.07, 6.45) is -0.803. The Labute approximate surface area is 151 Å². The predicted octanol–water partition coefficient (Wildman–Crippen LogP) is 2.37. The fourth-order valence-corrected chi connectivity index (χ4v) is 2.13. The number of primary amides is 1. The van der Waals surface area contributed by atoms with Crippen LogP contribution in [0.1, 0.15) is 34.6 Å². The average Bonchev–Trinajstić information content (AvgIpc) is 2.62. The maximum absolute atomic E-state index is 12.2. The summed E-state index contributed by atoms with van der Waals surface area (Å²) in [7, 11) is 0. The topological polar surface area (TPSA) is 108 Å². The number of hydrogen-bond donors (Lipinski definition) is 2. The molecule has 0 heterocycles. The number of hydrogen-bond acceptors (Lipinski definition) is 5. The van der Waals surface area contributed by atoms with Crippen LogP contribution in [0.5, 0.6) is 5.75 Å². The van der Waals surface area contributed by atoms with E-state index in [-0.39, 0.29) is 12.5 Å². The zero-order valence-electron chi connectivity index (χ0n) is 14.5. The van der Waals surface area contributed by atoms with Crippen molar-refractivity contribution in [3.63, 3.8) is 0 Å². The van der Waals surface area contributed by atoms with Gasteiger partial charge < -0.3 is 20.5 Å². The second kappa shape index (κ2) is 8.66. The lowest BCUT2D eigenvalue weighted by atomic mass is 10.2. The summed E-state index contributed by atoms with van der Waals surface area (Å²) >= 11 is 0. The van der Waals surface area contributed by atoms with Crippen LogP contribution in [-0.2, 0) is 9.53 Å². The molecule has 0 aliphatic heterocycles. The van der Waals surface area contributed by atoms with Crippen molar-refractivity contribution in [1.29, 1.82) is 0 Å². The van der Waals surface area contributed by atoms with E-state index in [1.807, 2.05) is 0 Å². The number of ether oxygens (including phenoxy) is 2. The number of rotatable bonds is 7. The molecule has 0 aromatic heterocycles. The molecule has 0 aliphatic rings. The van der Waals surface area contributed by atoms with Gasteiger partial charge in [-0.2, -0.15) is 0 Å². The Balaban J connectivity index is 1.99. The van der Waals surface area contributed by atoms with Crippen molar-refractivity contribution in [1.82, 2.24) is 0 Å². The van der Waals surface area contributed by atoms with E-state index in [0.717, 1.165) is 0 Å². The molecule has 0 saturated heterocycles. The molecule has 136 valence electrons. The predicted molar refractivity (Wildman–Crippen MR) is 96.1 cm³/mol. The Morgan fingerprint density at radius 1 is 1.08 bits per heavy atom. The maximum Gasteiger partial charge on any atom is 0.338 e. The molecule has 7 nitrogen and oxygen atoms in total. The van der Waals surface area contributed by atoms with Crippen molar-refractivity contribution in [2.75, 3.05) is 11.9 Å². The van der Waals surface area contributed by atoms with Crippen LogP contribution in [0.4, 0.5) is 5.69 Å². The first-order valence-electron chi connectivity index (χ1n) is 8.05. The van der Waals surface area contributed by atoms with Gasteiger partial charge in [0.05, 0.1) is 12.2 Å². The SMILES string of the molecule is CCOC(=O)c1cccc(O[C@H](C)C(=O)Nc2ccc(C(N)=O)cc2)c1. The number of benzene rings is 2. The van der Waals surface area contributed by atoms with E-state index < -0.39 is 18.0 Å². The van der Waals surface area contributed by atoms with Crippen molar-refractivity contribution in [2.45, 2.75) is 20.0 Å². The minimum atomic E-state index is -0.803. The highest BCUT2D eigenvalue weighted by molar-refractivity contribution is 5.96. The van der Waals surface area contributed by atoms with Crippen molar-refractivity contribution in [2.24, 2.45) is 5.73 Å². The van der Waals surface area contributed by atoms with Crippen LogP contribution < -0.4 is 15.8 Å². The molecule has 0 radical (unpaired) electrons. The fourth-order valence-electron chi connectivity index (χ4n) is 2.13. The Bertz CT molecular complexity index is 802. The molecule has 3 N–H and O–H groups in total. The summed E-state index contributed by atoms with van der Waals surface area (Å²) in [5.74, 6) is -0.994. The molecule has 0 aliphatic carbocycles. The van der Waals surface area contributed by atoms with E-state index in [2.05, 4.69) is 5.32 Å². The molecule has 0 unspecified atom stereocenters. The van der Waals surface area contributed by atoms with Gasteiger partial charge in [-0.05, 0) is 56.3 Å². The van der Waals surface area contributed by atoms with Crippen LogP contribution >= 0.6 is 0 Å². The standard InChI is InChI=1S/C19H20N2O5/c1-3-25-19(24)14-5-4-6-16(11-14)26-12(2)18(23)21-15-9-7-13(8-10-15)17(20)22/h4-12H,3H2,1-2H3,(H2,20,22)(H,21,23)/t12-/m1/s1. The van der Waals surface area contributed by atoms with Crippen molar-refractivity contribution < 1.29 is 23.9 Å². The number of esters is 1. The summed E-state index contributed by atoms with van der Waals surface area (Å²) in [5, 5.41) is 2.68. The smallest absolute Gasteiger partial charge is 0.338 e.